The predicted molar refractivity (Wildman–Crippen MR) is 74.0 cm³/mol. The lowest BCUT2D eigenvalue weighted by Gasteiger charge is -2.30. The standard InChI is InChI=1S/C14H23N3O3/c1-3-10(2)15-11(18)9-17-12(19)14(16-13(17)20)7-5-4-6-8-14/h10H,3-9H2,1-2H3,(H,15,18)(H,16,20)/t10-/m1/s1. The largest absolute Gasteiger partial charge is 0.352 e. The smallest absolute Gasteiger partial charge is 0.325 e. The normalized spacial score (nSPS) is 22.8. The Bertz CT molecular complexity index is 416. The summed E-state index contributed by atoms with van der Waals surface area (Å²) < 4.78 is 0. The van der Waals surface area contributed by atoms with Crippen LogP contribution < -0.4 is 10.6 Å². The van der Waals surface area contributed by atoms with Gasteiger partial charge in [-0.05, 0) is 26.2 Å². The molecule has 1 spiro atoms. The minimum absolute atomic E-state index is 0.0481. The summed E-state index contributed by atoms with van der Waals surface area (Å²) >= 11 is 0. The molecule has 6 nitrogen and oxygen atoms in total. The number of urea groups is 1. The Morgan fingerprint density at radius 2 is 2.00 bits per heavy atom. The molecule has 2 N–H and O–H groups in total. The van der Waals surface area contributed by atoms with E-state index in [1.165, 1.54) is 0 Å². The number of carbonyl (C=O) groups is 3. The number of amides is 4. The van der Waals surface area contributed by atoms with E-state index in [1.54, 1.807) is 0 Å². The summed E-state index contributed by atoms with van der Waals surface area (Å²) in [5.74, 6) is -0.516. The van der Waals surface area contributed by atoms with E-state index in [0.29, 0.717) is 12.8 Å². The SMILES string of the molecule is CC[C@@H](C)NC(=O)CN1C(=O)NC2(CCCCC2)C1=O. The van der Waals surface area contributed by atoms with Crippen molar-refractivity contribution in [2.45, 2.75) is 64.0 Å². The molecule has 1 aliphatic heterocycles. The van der Waals surface area contributed by atoms with Crippen LogP contribution in [0.3, 0.4) is 0 Å². The second kappa shape index (κ2) is 5.81. The van der Waals surface area contributed by atoms with Crippen LogP contribution in [0.15, 0.2) is 0 Å². The number of hydrogen-bond acceptors (Lipinski definition) is 3. The zero-order valence-electron chi connectivity index (χ0n) is 12.2. The van der Waals surface area contributed by atoms with Crippen LogP contribution in [0.4, 0.5) is 4.79 Å². The molecule has 0 aromatic carbocycles. The Balaban J connectivity index is 2.00. The van der Waals surface area contributed by atoms with Gasteiger partial charge in [0.15, 0.2) is 0 Å². The molecule has 0 radical (unpaired) electrons. The van der Waals surface area contributed by atoms with Crippen molar-refractivity contribution >= 4 is 17.8 Å². The van der Waals surface area contributed by atoms with Crippen molar-refractivity contribution in [1.29, 1.82) is 0 Å². The van der Waals surface area contributed by atoms with Gasteiger partial charge in [0.1, 0.15) is 12.1 Å². The molecule has 0 bridgehead atoms. The maximum atomic E-state index is 12.4. The third-order valence-corrected chi connectivity index (χ3v) is 4.27. The van der Waals surface area contributed by atoms with Crippen molar-refractivity contribution in [2.24, 2.45) is 0 Å². The van der Waals surface area contributed by atoms with Crippen LogP contribution >= 0.6 is 0 Å². The fraction of sp³-hybridized carbons (Fsp3) is 0.786. The lowest BCUT2D eigenvalue weighted by atomic mass is 9.82. The summed E-state index contributed by atoms with van der Waals surface area (Å²) in [4.78, 5) is 37.3. The van der Waals surface area contributed by atoms with Gasteiger partial charge in [0, 0.05) is 6.04 Å². The van der Waals surface area contributed by atoms with E-state index in [1.807, 2.05) is 13.8 Å². The second-order valence-electron chi connectivity index (χ2n) is 5.84. The molecule has 1 aliphatic carbocycles. The average Bonchev–Trinajstić information content (AvgIpc) is 2.64. The van der Waals surface area contributed by atoms with Gasteiger partial charge in [-0.1, -0.05) is 26.2 Å². The van der Waals surface area contributed by atoms with Crippen LogP contribution in [0.25, 0.3) is 0 Å². The third-order valence-electron chi connectivity index (χ3n) is 4.27. The molecule has 1 saturated heterocycles. The molecule has 0 aromatic heterocycles. The van der Waals surface area contributed by atoms with Crippen molar-refractivity contribution in [1.82, 2.24) is 15.5 Å². The lowest BCUT2D eigenvalue weighted by Crippen LogP contribution is -2.49. The fourth-order valence-corrected chi connectivity index (χ4v) is 2.88. The first-order valence-corrected chi connectivity index (χ1v) is 7.42. The minimum Gasteiger partial charge on any atom is -0.352 e. The van der Waals surface area contributed by atoms with Crippen molar-refractivity contribution in [3.05, 3.63) is 0 Å². The molecule has 6 heteroatoms. The number of nitrogens with zero attached hydrogens (tertiary/aromatic N) is 1. The molecule has 2 aliphatic rings. The minimum atomic E-state index is -0.744. The molecule has 2 fully saturated rings. The van der Waals surface area contributed by atoms with Gasteiger partial charge in [-0.25, -0.2) is 4.79 Å². The van der Waals surface area contributed by atoms with Gasteiger partial charge in [-0.3, -0.25) is 14.5 Å². The number of hydrogen-bond donors (Lipinski definition) is 2. The summed E-state index contributed by atoms with van der Waals surface area (Å²) in [5, 5.41) is 5.58. The number of nitrogens with one attached hydrogen (secondary N) is 2. The molecule has 2 rings (SSSR count). The van der Waals surface area contributed by atoms with E-state index >= 15 is 0 Å². The van der Waals surface area contributed by atoms with Crippen LogP contribution in [0.1, 0.15) is 52.4 Å². The Morgan fingerprint density at radius 3 is 2.60 bits per heavy atom. The predicted octanol–water partition coefficient (Wildman–Crippen LogP) is 1.16. The van der Waals surface area contributed by atoms with Crippen LogP contribution in [-0.4, -0.2) is 40.9 Å². The Kier molecular flexibility index (Phi) is 4.30. The third kappa shape index (κ3) is 2.78. The molecule has 0 unspecified atom stereocenters. The van der Waals surface area contributed by atoms with Gasteiger partial charge in [-0.15, -0.1) is 0 Å². The first kappa shape index (κ1) is 14.8. The molecule has 20 heavy (non-hydrogen) atoms. The first-order valence-electron chi connectivity index (χ1n) is 7.42. The summed E-state index contributed by atoms with van der Waals surface area (Å²) in [6, 6.07) is -0.386. The van der Waals surface area contributed by atoms with E-state index in [4.69, 9.17) is 0 Å². The summed E-state index contributed by atoms with van der Waals surface area (Å²) in [6.07, 6.45) is 5.16. The van der Waals surface area contributed by atoms with Crippen LogP contribution in [0.2, 0.25) is 0 Å². The maximum Gasteiger partial charge on any atom is 0.325 e. The van der Waals surface area contributed by atoms with Crippen molar-refractivity contribution in [3.8, 4) is 0 Å². The maximum absolute atomic E-state index is 12.4. The van der Waals surface area contributed by atoms with Gasteiger partial charge in [-0.2, -0.15) is 0 Å². The quantitative estimate of drug-likeness (QED) is 0.759. The highest BCUT2D eigenvalue weighted by molar-refractivity contribution is 6.09. The Morgan fingerprint density at radius 1 is 1.35 bits per heavy atom. The van der Waals surface area contributed by atoms with Crippen molar-refractivity contribution in [2.75, 3.05) is 6.54 Å². The van der Waals surface area contributed by atoms with E-state index in [9.17, 15) is 14.4 Å². The number of rotatable bonds is 4. The fourth-order valence-electron chi connectivity index (χ4n) is 2.88. The number of imide groups is 1. The summed E-state index contributed by atoms with van der Waals surface area (Å²) in [7, 11) is 0. The average molecular weight is 281 g/mol. The van der Waals surface area contributed by atoms with Crippen LogP contribution in [0.5, 0.6) is 0 Å². The first-order chi connectivity index (χ1) is 9.48. The highest BCUT2D eigenvalue weighted by atomic mass is 16.2. The van der Waals surface area contributed by atoms with E-state index in [0.717, 1.165) is 30.6 Å². The Labute approximate surface area is 119 Å². The highest BCUT2D eigenvalue weighted by Crippen LogP contribution is 2.33. The highest BCUT2D eigenvalue weighted by Gasteiger charge is 2.51. The summed E-state index contributed by atoms with van der Waals surface area (Å²) in [5.41, 5.74) is -0.744. The zero-order chi connectivity index (χ0) is 14.8. The molecule has 0 aromatic rings. The molecule has 1 atom stereocenters. The van der Waals surface area contributed by atoms with E-state index < -0.39 is 11.6 Å². The topological polar surface area (TPSA) is 78.5 Å². The Hall–Kier alpha value is -1.59. The second-order valence-corrected chi connectivity index (χ2v) is 5.84. The van der Waals surface area contributed by atoms with E-state index in [2.05, 4.69) is 10.6 Å². The van der Waals surface area contributed by atoms with Gasteiger partial charge < -0.3 is 10.6 Å². The van der Waals surface area contributed by atoms with Gasteiger partial charge >= 0.3 is 6.03 Å². The molecular formula is C14H23N3O3. The molecule has 1 heterocycles. The summed E-state index contributed by atoms with van der Waals surface area (Å²) in [6.45, 7) is 3.68. The molecular weight excluding hydrogens is 258 g/mol. The van der Waals surface area contributed by atoms with E-state index in [-0.39, 0.29) is 24.4 Å². The van der Waals surface area contributed by atoms with Gasteiger partial charge in [0.05, 0.1) is 0 Å². The lowest BCUT2D eigenvalue weighted by molar-refractivity contribution is -0.136. The van der Waals surface area contributed by atoms with Crippen molar-refractivity contribution < 1.29 is 14.4 Å². The van der Waals surface area contributed by atoms with Crippen molar-refractivity contribution in [3.63, 3.8) is 0 Å². The van der Waals surface area contributed by atoms with Crippen LogP contribution in [0, 0.1) is 0 Å². The van der Waals surface area contributed by atoms with Crippen LogP contribution in [-0.2, 0) is 9.59 Å². The monoisotopic (exact) mass is 281 g/mol. The molecule has 4 amide bonds. The number of carbonyl (C=O) groups excluding carboxylic acids is 3. The molecule has 112 valence electrons. The van der Waals surface area contributed by atoms with Gasteiger partial charge in [0.2, 0.25) is 5.91 Å². The van der Waals surface area contributed by atoms with Gasteiger partial charge in [0.25, 0.3) is 5.91 Å². The zero-order valence-corrected chi connectivity index (χ0v) is 12.2. The molecule has 1 saturated carbocycles.